The molecule has 0 heterocycles. The van der Waals surface area contributed by atoms with E-state index in [-0.39, 0.29) is 18.3 Å². The van der Waals surface area contributed by atoms with Crippen molar-refractivity contribution in [3.05, 3.63) is 0 Å². The van der Waals surface area contributed by atoms with Crippen molar-refractivity contribution in [1.82, 2.24) is 4.90 Å². The van der Waals surface area contributed by atoms with Crippen molar-refractivity contribution >= 4 is 18.6 Å². The summed E-state index contributed by atoms with van der Waals surface area (Å²) >= 11 is 0. The quantitative estimate of drug-likeness (QED) is 0.221. The fraction of sp³-hybridized carbons (Fsp3) is 0.864. The maximum absolute atomic E-state index is 12.4. The molecule has 0 bridgehead atoms. The number of likely N-dealkylation sites (N-methyl/N-ethyl adjacent to an activating group) is 1. The molecule has 0 N–H and O–H groups in total. The molecule has 1 unspecified atom stereocenters. The molecule has 6 nitrogen and oxygen atoms in total. The Morgan fingerprint density at radius 3 is 2.46 bits per heavy atom. The van der Waals surface area contributed by atoms with Gasteiger partial charge in [-0.2, -0.15) is 0 Å². The lowest BCUT2D eigenvalue weighted by atomic mass is 9.84. The molecule has 1 aliphatic rings. The molecule has 28 heavy (non-hydrogen) atoms. The molecule has 0 aliphatic heterocycles. The van der Waals surface area contributed by atoms with Crippen molar-refractivity contribution in [3.8, 4) is 0 Å². The Balaban J connectivity index is 2.74. The SMILES string of the molecule is C=NOC(=NCCN(C)C)C(CCCC1CCCCC1)CC(=O)OC(C)(C)C. The Bertz CT molecular complexity index is 492. The first-order valence-electron chi connectivity index (χ1n) is 10.7. The lowest BCUT2D eigenvalue weighted by molar-refractivity contribution is -0.155. The van der Waals surface area contributed by atoms with E-state index in [0.29, 0.717) is 12.4 Å². The molecule has 0 amide bonds. The average molecular weight is 396 g/mol. The molecule has 1 atom stereocenters. The third-order valence-corrected chi connectivity index (χ3v) is 5.04. The smallest absolute Gasteiger partial charge is 0.307 e. The van der Waals surface area contributed by atoms with Crippen LogP contribution >= 0.6 is 0 Å². The molecule has 162 valence electrons. The van der Waals surface area contributed by atoms with Crippen LogP contribution in [0.4, 0.5) is 0 Å². The molecule has 1 rings (SSSR count). The van der Waals surface area contributed by atoms with Crippen LogP contribution in [0.3, 0.4) is 0 Å². The minimum Gasteiger partial charge on any atom is -0.460 e. The molecule has 6 heteroatoms. The summed E-state index contributed by atoms with van der Waals surface area (Å²) in [6, 6.07) is 0. The van der Waals surface area contributed by atoms with Gasteiger partial charge in [0.15, 0.2) is 0 Å². The first-order valence-corrected chi connectivity index (χ1v) is 10.7. The van der Waals surface area contributed by atoms with E-state index in [2.05, 4.69) is 21.8 Å². The topological polar surface area (TPSA) is 63.5 Å². The fourth-order valence-corrected chi connectivity index (χ4v) is 3.68. The van der Waals surface area contributed by atoms with Gasteiger partial charge >= 0.3 is 5.97 Å². The van der Waals surface area contributed by atoms with E-state index >= 15 is 0 Å². The minimum atomic E-state index is -0.497. The van der Waals surface area contributed by atoms with Crippen LogP contribution in [-0.4, -0.2) is 56.3 Å². The van der Waals surface area contributed by atoms with Crippen molar-refractivity contribution in [2.24, 2.45) is 22.0 Å². The van der Waals surface area contributed by atoms with Gasteiger partial charge in [-0.05, 0) is 47.2 Å². The van der Waals surface area contributed by atoms with Crippen LogP contribution in [0, 0.1) is 11.8 Å². The molecule has 0 aromatic heterocycles. The molecule has 1 saturated carbocycles. The van der Waals surface area contributed by atoms with Gasteiger partial charge in [-0.1, -0.05) is 50.1 Å². The van der Waals surface area contributed by atoms with Crippen LogP contribution in [0.1, 0.15) is 78.6 Å². The molecular weight excluding hydrogens is 354 g/mol. The molecule has 0 saturated heterocycles. The monoisotopic (exact) mass is 395 g/mol. The highest BCUT2D eigenvalue weighted by molar-refractivity contribution is 5.84. The number of oxime groups is 1. The van der Waals surface area contributed by atoms with E-state index in [1.165, 1.54) is 38.5 Å². The number of nitrogens with zero attached hydrogens (tertiary/aromatic N) is 3. The third-order valence-electron chi connectivity index (χ3n) is 5.04. The zero-order valence-corrected chi connectivity index (χ0v) is 18.7. The highest BCUT2D eigenvalue weighted by Crippen LogP contribution is 2.29. The van der Waals surface area contributed by atoms with Crippen molar-refractivity contribution in [2.75, 3.05) is 27.2 Å². The number of carbonyl (C=O) groups excluding carboxylic acids is 1. The second-order valence-electron chi connectivity index (χ2n) is 9.17. The Morgan fingerprint density at radius 2 is 1.89 bits per heavy atom. The van der Waals surface area contributed by atoms with E-state index < -0.39 is 5.60 Å². The largest absolute Gasteiger partial charge is 0.460 e. The van der Waals surface area contributed by atoms with Gasteiger partial charge in [0, 0.05) is 19.2 Å². The molecule has 0 aromatic rings. The zero-order chi connectivity index (χ0) is 21.0. The van der Waals surface area contributed by atoms with Gasteiger partial charge in [-0.25, -0.2) is 0 Å². The Morgan fingerprint density at radius 1 is 1.21 bits per heavy atom. The van der Waals surface area contributed by atoms with Crippen molar-refractivity contribution in [3.63, 3.8) is 0 Å². The fourth-order valence-electron chi connectivity index (χ4n) is 3.68. The lowest BCUT2D eigenvalue weighted by Gasteiger charge is -2.24. The van der Waals surface area contributed by atoms with Gasteiger partial charge in [0.05, 0.1) is 13.0 Å². The maximum Gasteiger partial charge on any atom is 0.307 e. The number of aliphatic imine (C=N–C) groups is 1. The molecule has 0 radical (unpaired) electrons. The average Bonchev–Trinajstić information content (AvgIpc) is 2.59. The van der Waals surface area contributed by atoms with Gasteiger partial charge < -0.3 is 14.5 Å². The van der Waals surface area contributed by atoms with Crippen molar-refractivity contribution < 1.29 is 14.4 Å². The first-order chi connectivity index (χ1) is 13.2. The normalized spacial score (nSPS) is 17.4. The second-order valence-corrected chi connectivity index (χ2v) is 9.17. The summed E-state index contributed by atoms with van der Waals surface area (Å²) in [5.74, 6) is 0.990. The zero-order valence-electron chi connectivity index (χ0n) is 18.7. The highest BCUT2D eigenvalue weighted by atomic mass is 16.6. The molecule has 1 aliphatic carbocycles. The number of ether oxygens (including phenoxy) is 1. The van der Waals surface area contributed by atoms with Crippen LogP contribution in [0.2, 0.25) is 0 Å². The van der Waals surface area contributed by atoms with Gasteiger partial charge in [0.25, 0.3) is 0 Å². The van der Waals surface area contributed by atoms with E-state index in [4.69, 9.17) is 9.57 Å². The van der Waals surface area contributed by atoms with E-state index in [1.54, 1.807) is 0 Å². The Kier molecular flexibility index (Phi) is 11.4. The summed E-state index contributed by atoms with van der Waals surface area (Å²) in [5, 5.41) is 3.59. The standard InChI is InChI=1S/C22H41N3O3/c1-22(2,3)27-20(26)17-19(14-10-13-18-11-8-7-9-12-18)21(28-23-4)24-15-16-25(5)6/h18-19H,4,7-17H2,1-3,5-6H3. The predicted molar refractivity (Wildman–Crippen MR) is 116 cm³/mol. The molecule has 1 fully saturated rings. The summed E-state index contributed by atoms with van der Waals surface area (Å²) in [4.78, 5) is 24.5. The van der Waals surface area contributed by atoms with Gasteiger partial charge in [0.1, 0.15) is 5.60 Å². The van der Waals surface area contributed by atoms with E-state index in [9.17, 15) is 4.79 Å². The first kappa shape index (κ1) is 24.6. The van der Waals surface area contributed by atoms with E-state index in [0.717, 1.165) is 25.3 Å². The highest BCUT2D eigenvalue weighted by Gasteiger charge is 2.26. The van der Waals surface area contributed by atoms with Crippen LogP contribution in [-0.2, 0) is 14.4 Å². The molecule has 0 spiro atoms. The van der Waals surface area contributed by atoms with Gasteiger partial charge in [-0.3, -0.25) is 9.79 Å². The number of esters is 1. The van der Waals surface area contributed by atoms with Crippen LogP contribution in [0.25, 0.3) is 0 Å². The minimum absolute atomic E-state index is 0.119. The second kappa shape index (κ2) is 12.9. The maximum atomic E-state index is 12.4. The molecular formula is C22H41N3O3. The summed E-state index contributed by atoms with van der Waals surface area (Å²) in [6.07, 6.45) is 10.1. The predicted octanol–water partition coefficient (Wildman–Crippen LogP) is 4.68. The Hall–Kier alpha value is -1.43. The van der Waals surface area contributed by atoms with Crippen LogP contribution in [0.15, 0.2) is 10.1 Å². The summed E-state index contributed by atoms with van der Waals surface area (Å²) in [5.41, 5.74) is -0.497. The number of rotatable bonds is 11. The lowest BCUT2D eigenvalue weighted by Crippen LogP contribution is -2.28. The number of hydrogen-bond donors (Lipinski definition) is 0. The summed E-state index contributed by atoms with van der Waals surface area (Å²) < 4.78 is 5.53. The Labute approximate surface area is 171 Å². The van der Waals surface area contributed by atoms with Crippen molar-refractivity contribution in [2.45, 2.75) is 84.2 Å². The van der Waals surface area contributed by atoms with Crippen LogP contribution in [0.5, 0.6) is 0 Å². The summed E-state index contributed by atoms with van der Waals surface area (Å²) in [7, 11) is 4.01. The van der Waals surface area contributed by atoms with E-state index in [1.807, 2.05) is 34.9 Å². The third kappa shape index (κ3) is 11.4. The number of carbonyl (C=O) groups is 1. The van der Waals surface area contributed by atoms with Crippen LogP contribution < -0.4 is 0 Å². The molecule has 0 aromatic carbocycles. The van der Waals surface area contributed by atoms with Crippen molar-refractivity contribution in [1.29, 1.82) is 0 Å². The van der Waals surface area contributed by atoms with Gasteiger partial charge in [0.2, 0.25) is 5.90 Å². The summed E-state index contributed by atoms with van der Waals surface area (Å²) in [6.45, 7) is 10.5. The van der Waals surface area contributed by atoms with Gasteiger partial charge in [-0.15, -0.1) is 0 Å². The number of hydrogen-bond acceptors (Lipinski definition) is 6.